The van der Waals surface area contributed by atoms with Crippen LogP contribution in [0.5, 0.6) is 17.2 Å². The molecule has 0 bridgehead atoms. The van der Waals surface area contributed by atoms with E-state index in [2.05, 4.69) is 26.5 Å². The molecule has 0 heterocycles. The van der Waals surface area contributed by atoms with E-state index in [9.17, 15) is 4.79 Å². The van der Waals surface area contributed by atoms with Crippen LogP contribution in [0.3, 0.4) is 0 Å². The smallest absolute Gasteiger partial charge is 0.271 e. The van der Waals surface area contributed by atoms with Gasteiger partial charge in [-0.25, -0.2) is 5.43 Å². The van der Waals surface area contributed by atoms with Crippen LogP contribution in [-0.4, -0.2) is 18.7 Å². The molecule has 4 rings (SSSR count). The molecule has 0 unspecified atom stereocenters. The number of nitrogens with one attached hydrogen (secondary N) is 1. The fraction of sp³-hybridized carbons (Fsp3) is 0.133. The van der Waals surface area contributed by atoms with Crippen LogP contribution in [0, 0.1) is 0 Å². The number of hydrazone groups is 1. The van der Waals surface area contributed by atoms with Crippen LogP contribution < -0.4 is 19.6 Å². The average molecular weight is 559 g/mol. The van der Waals surface area contributed by atoms with Crippen molar-refractivity contribution in [3.8, 4) is 17.2 Å². The van der Waals surface area contributed by atoms with Crippen molar-refractivity contribution >= 4 is 28.1 Å². The van der Waals surface area contributed by atoms with Gasteiger partial charge in [0, 0.05) is 10.0 Å². The topological polar surface area (TPSA) is 69.2 Å². The normalized spacial score (nSPS) is 10.8. The first-order chi connectivity index (χ1) is 18.1. The van der Waals surface area contributed by atoms with Crippen LogP contribution >= 0.6 is 15.9 Å². The minimum atomic E-state index is -0.352. The summed E-state index contributed by atoms with van der Waals surface area (Å²) in [5.74, 6) is 1.44. The highest BCUT2D eigenvalue weighted by Crippen LogP contribution is 2.29. The van der Waals surface area contributed by atoms with Gasteiger partial charge in [-0.3, -0.25) is 4.79 Å². The number of hydrogen-bond donors (Lipinski definition) is 1. The summed E-state index contributed by atoms with van der Waals surface area (Å²) in [6, 6.07) is 30.4. The Hall–Kier alpha value is -4.10. The maximum atomic E-state index is 12.7. The minimum absolute atomic E-state index is 0.352. The second kappa shape index (κ2) is 13.3. The number of nitrogens with zero attached hydrogens (tertiary/aromatic N) is 1. The molecule has 0 saturated heterocycles. The third-order valence-corrected chi connectivity index (χ3v) is 5.83. The van der Waals surface area contributed by atoms with Crippen molar-refractivity contribution in [2.45, 2.75) is 20.1 Å². The molecule has 0 atom stereocenters. The number of benzene rings is 4. The van der Waals surface area contributed by atoms with Crippen LogP contribution in [0.15, 0.2) is 107 Å². The van der Waals surface area contributed by atoms with Gasteiger partial charge in [-0.2, -0.15) is 5.10 Å². The molecule has 4 aromatic carbocycles. The van der Waals surface area contributed by atoms with Crippen LogP contribution in [0.4, 0.5) is 0 Å². The largest absolute Gasteiger partial charge is 0.490 e. The minimum Gasteiger partial charge on any atom is -0.490 e. The van der Waals surface area contributed by atoms with Crippen molar-refractivity contribution < 1.29 is 19.0 Å². The zero-order valence-electron chi connectivity index (χ0n) is 20.4. The van der Waals surface area contributed by atoms with Gasteiger partial charge in [0.25, 0.3) is 5.91 Å². The van der Waals surface area contributed by atoms with Crippen molar-refractivity contribution in [1.29, 1.82) is 0 Å². The monoisotopic (exact) mass is 558 g/mol. The van der Waals surface area contributed by atoms with Gasteiger partial charge >= 0.3 is 0 Å². The van der Waals surface area contributed by atoms with Gasteiger partial charge in [0.2, 0.25) is 0 Å². The van der Waals surface area contributed by atoms with Gasteiger partial charge in [0.15, 0.2) is 11.5 Å². The van der Waals surface area contributed by atoms with E-state index in [0.29, 0.717) is 42.6 Å². The number of carbonyl (C=O) groups excluding carboxylic acids is 1. The number of hydrogen-bond acceptors (Lipinski definition) is 5. The van der Waals surface area contributed by atoms with E-state index in [1.165, 1.54) is 0 Å². The molecule has 0 aliphatic rings. The molecule has 4 aromatic rings. The standard InChI is InChI=1S/C30H27BrN2O4/c1-2-35-29-18-25(13-16-28(29)37-21-22-7-4-3-5-8-22)30(34)33-32-19-24-9-6-10-27(17-24)36-20-23-11-14-26(31)15-12-23/h3-19H,2,20-21H2,1H3,(H,33,34)/b32-19+. The second-order valence-electron chi connectivity index (χ2n) is 8.06. The lowest BCUT2D eigenvalue weighted by atomic mass is 10.2. The zero-order chi connectivity index (χ0) is 25.9. The molecule has 1 N–H and O–H groups in total. The van der Waals surface area contributed by atoms with E-state index < -0.39 is 0 Å². The predicted molar refractivity (Wildman–Crippen MR) is 148 cm³/mol. The van der Waals surface area contributed by atoms with E-state index in [1.54, 1.807) is 24.4 Å². The number of ether oxygens (including phenoxy) is 3. The quantitative estimate of drug-likeness (QED) is 0.163. The highest BCUT2D eigenvalue weighted by molar-refractivity contribution is 9.10. The Balaban J connectivity index is 1.34. The Labute approximate surface area is 225 Å². The van der Waals surface area contributed by atoms with Crippen molar-refractivity contribution in [2.24, 2.45) is 5.10 Å². The predicted octanol–water partition coefficient (Wildman–Crippen LogP) is 6.77. The van der Waals surface area contributed by atoms with Gasteiger partial charge in [-0.05, 0) is 66.1 Å². The summed E-state index contributed by atoms with van der Waals surface area (Å²) >= 11 is 3.43. The first-order valence-electron chi connectivity index (χ1n) is 11.8. The van der Waals surface area contributed by atoms with Crippen LogP contribution in [-0.2, 0) is 13.2 Å². The molecule has 37 heavy (non-hydrogen) atoms. The molecule has 7 heteroatoms. The van der Waals surface area contributed by atoms with Gasteiger partial charge in [-0.1, -0.05) is 70.5 Å². The number of halogens is 1. The lowest BCUT2D eigenvalue weighted by molar-refractivity contribution is 0.0954. The van der Waals surface area contributed by atoms with Crippen molar-refractivity contribution in [3.63, 3.8) is 0 Å². The highest BCUT2D eigenvalue weighted by Gasteiger charge is 2.12. The molecule has 0 fully saturated rings. The van der Waals surface area contributed by atoms with Gasteiger partial charge in [0.1, 0.15) is 19.0 Å². The van der Waals surface area contributed by atoms with Crippen molar-refractivity contribution in [2.75, 3.05) is 6.61 Å². The second-order valence-corrected chi connectivity index (χ2v) is 8.97. The molecule has 0 radical (unpaired) electrons. The fourth-order valence-corrected chi connectivity index (χ4v) is 3.70. The number of carbonyl (C=O) groups is 1. The molecular weight excluding hydrogens is 532 g/mol. The zero-order valence-corrected chi connectivity index (χ0v) is 22.0. The van der Waals surface area contributed by atoms with Crippen LogP contribution in [0.25, 0.3) is 0 Å². The van der Waals surface area contributed by atoms with Gasteiger partial charge in [-0.15, -0.1) is 0 Å². The summed E-state index contributed by atoms with van der Waals surface area (Å²) in [5.41, 5.74) is 5.89. The van der Waals surface area contributed by atoms with E-state index >= 15 is 0 Å². The van der Waals surface area contributed by atoms with Gasteiger partial charge < -0.3 is 14.2 Å². The lowest BCUT2D eigenvalue weighted by Gasteiger charge is -2.13. The van der Waals surface area contributed by atoms with Gasteiger partial charge in [0.05, 0.1) is 12.8 Å². The number of amides is 1. The summed E-state index contributed by atoms with van der Waals surface area (Å²) in [6.07, 6.45) is 1.57. The molecule has 0 saturated carbocycles. The Morgan fingerprint density at radius 1 is 0.811 bits per heavy atom. The molecule has 0 aromatic heterocycles. The highest BCUT2D eigenvalue weighted by atomic mass is 79.9. The molecule has 188 valence electrons. The van der Waals surface area contributed by atoms with Crippen molar-refractivity contribution in [3.05, 3.63) is 124 Å². The van der Waals surface area contributed by atoms with Crippen LogP contribution in [0.1, 0.15) is 34.0 Å². The maximum Gasteiger partial charge on any atom is 0.271 e. The van der Waals surface area contributed by atoms with E-state index in [-0.39, 0.29) is 5.91 Å². The summed E-state index contributed by atoms with van der Waals surface area (Å²) in [5, 5.41) is 4.10. The molecule has 0 aliphatic heterocycles. The van der Waals surface area contributed by atoms with E-state index in [4.69, 9.17) is 14.2 Å². The van der Waals surface area contributed by atoms with E-state index in [1.807, 2.05) is 85.8 Å². The molecule has 6 nitrogen and oxygen atoms in total. The van der Waals surface area contributed by atoms with Crippen LogP contribution in [0.2, 0.25) is 0 Å². The first-order valence-corrected chi connectivity index (χ1v) is 12.6. The first kappa shape index (κ1) is 26.0. The molecule has 1 amide bonds. The summed E-state index contributed by atoms with van der Waals surface area (Å²) in [6.45, 7) is 3.19. The number of rotatable bonds is 11. The molecule has 0 spiro atoms. The Morgan fingerprint density at radius 3 is 2.35 bits per heavy atom. The van der Waals surface area contributed by atoms with Crippen molar-refractivity contribution in [1.82, 2.24) is 5.43 Å². The Bertz CT molecular complexity index is 1340. The summed E-state index contributed by atoms with van der Waals surface area (Å²) in [4.78, 5) is 12.7. The SMILES string of the molecule is CCOc1cc(C(=O)N/N=C/c2cccc(OCc3ccc(Br)cc3)c2)ccc1OCc1ccccc1. The average Bonchev–Trinajstić information content (AvgIpc) is 2.93. The Morgan fingerprint density at radius 2 is 1.57 bits per heavy atom. The Kier molecular flexibility index (Phi) is 9.32. The lowest BCUT2D eigenvalue weighted by Crippen LogP contribution is -2.17. The summed E-state index contributed by atoms with van der Waals surface area (Å²) < 4.78 is 18.5. The third kappa shape index (κ3) is 7.95. The fourth-order valence-electron chi connectivity index (χ4n) is 3.43. The molecular formula is C30H27BrN2O4. The molecule has 0 aliphatic carbocycles. The maximum absolute atomic E-state index is 12.7. The third-order valence-electron chi connectivity index (χ3n) is 5.30. The summed E-state index contributed by atoms with van der Waals surface area (Å²) in [7, 11) is 0. The van der Waals surface area contributed by atoms with E-state index in [0.717, 1.165) is 21.2 Å².